The molecule has 1 saturated carbocycles. The first-order valence-corrected chi connectivity index (χ1v) is 9.21. The summed E-state index contributed by atoms with van der Waals surface area (Å²) in [6.07, 6.45) is 6.80. The zero-order valence-corrected chi connectivity index (χ0v) is 15.5. The Balaban J connectivity index is 1.70. The number of anilines is 1. The fourth-order valence-electron chi connectivity index (χ4n) is 3.28. The van der Waals surface area contributed by atoms with E-state index < -0.39 is 0 Å². The molecule has 2 aromatic heterocycles. The number of amides is 1. The Labute approximate surface area is 162 Å². The number of fused-ring (bicyclic) bond motifs is 1. The van der Waals surface area contributed by atoms with Gasteiger partial charge >= 0.3 is 0 Å². The SMILES string of the molecule is CCc1ccncc1-c1cc(Cl)c2cnc(NC(=O)[C@H]3C[C@@H]3C#N)cc2c1. The quantitative estimate of drug-likeness (QED) is 0.721. The van der Waals surface area contributed by atoms with Gasteiger partial charge in [-0.1, -0.05) is 18.5 Å². The largest absolute Gasteiger partial charge is 0.310 e. The van der Waals surface area contributed by atoms with Crippen LogP contribution in [0.5, 0.6) is 0 Å². The number of nitrogens with zero attached hydrogens (tertiary/aromatic N) is 3. The Bertz CT molecular complexity index is 1090. The lowest BCUT2D eigenvalue weighted by Gasteiger charge is -2.11. The second-order valence-corrected chi connectivity index (χ2v) is 7.11. The second-order valence-electron chi connectivity index (χ2n) is 6.70. The average molecular weight is 377 g/mol. The molecule has 0 aliphatic heterocycles. The van der Waals surface area contributed by atoms with Crippen molar-refractivity contribution in [1.82, 2.24) is 9.97 Å². The Morgan fingerprint density at radius 2 is 2.22 bits per heavy atom. The van der Waals surface area contributed by atoms with Gasteiger partial charge in [-0.15, -0.1) is 0 Å². The summed E-state index contributed by atoms with van der Waals surface area (Å²) in [6, 6.07) is 9.90. The molecule has 1 N–H and O–H groups in total. The maximum absolute atomic E-state index is 12.2. The van der Waals surface area contributed by atoms with E-state index in [1.54, 1.807) is 12.4 Å². The standard InChI is InChI=1S/C21H17ClN4O/c1-2-12-3-4-24-10-17(12)13-5-14-8-20(25-11-18(14)19(22)7-13)26-21(27)16-6-15(16)9-23/h3-5,7-8,10-11,15-16H,2,6H2,1H3,(H,25,26,27)/t15-,16+/m1/s1. The van der Waals surface area contributed by atoms with E-state index in [0.717, 1.165) is 28.3 Å². The molecule has 4 rings (SSSR count). The summed E-state index contributed by atoms with van der Waals surface area (Å²) < 4.78 is 0. The third kappa shape index (κ3) is 3.36. The minimum absolute atomic E-state index is 0.156. The Morgan fingerprint density at radius 3 is 2.96 bits per heavy atom. The summed E-state index contributed by atoms with van der Waals surface area (Å²) in [5, 5.41) is 14.0. The molecule has 1 aromatic carbocycles. The Hall–Kier alpha value is -2.97. The van der Waals surface area contributed by atoms with E-state index in [-0.39, 0.29) is 17.7 Å². The highest BCUT2D eigenvalue weighted by Crippen LogP contribution is 2.38. The van der Waals surface area contributed by atoms with Crippen molar-refractivity contribution in [3.8, 4) is 17.2 Å². The molecule has 0 saturated heterocycles. The van der Waals surface area contributed by atoms with Crippen LogP contribution in [0.3, 0.4) is 0 Å². The molecule has 134 valence electrons. The molecular formula is C21H17ClN4O. The van der Waals surface area contributed by atoms with Crippen molar-refractivity contribution in [3.05, 3.63) is 53.4 Å². The van der Waals surface area contributed by atoms with Crippen LogP contribution < -0.4 is 5.32 Å². The molecule has 0 radical (unpaired) electrons. The van der Waals surface area contributed by atoms with Gasteiger partial charge in [-0.05, 0) is 53.6 Å². The molecule has 3 aromatic rings. The third-order valence-corrected chi connectivity index (χ3v) is 5.25. The van der Waals surface area contributed by atoms with E-state index in [9.17, 15) is 4.79 Å². The summed E-state index contributed by atoms with van der Waals surface area (Å²) in [4.78, 5) is 20.7. The maximum Gasteiger partial charge on any atom is 0.230 e. The summed E-state index contributed by atoms with van der Waals surface area (Å²) in [7, 11) is 0. The van der Waals surface area contributed by atoms with Gasteiger partial charge in [0, 0.05) is 29.5 Å². The zero-order chi connectivity index (χ0) is 19.0. The van der Waals surface area contributed by atoms with E-state index in [4.69, 9.17) is 16.9 Å². The average Bonchev–Trinajstić information content (AvgIpc) is 3.47. The number of hydrogen-bond acceptors (Lipinski definition) is 4. The lowest BCUT2D eigenvalue weighted by atomic mass is 9.98. The highest BCUT2D eigenvalue weighted by atomic mass is 35.5. The normalized spacial score (nSPS) is 18.1. The van der Waals surface area contributed by atoms with E-state index in [1.807, 2.05) is 30.5 Å². The van der Waals surface area contributed by atoms with Crippen molar-refractivity contribution in [2.24, 2.45) is 11.8 Å². The van der Waals surface area contributed by atoms with Crippen LogP contribution in [0.25, 0.3) is 21.9 Å². The van der Waals surface area contributed by atoms with Crippen LogP contribution in [0, 0.1) is 23.2 Å². The lowest BCUT2D eigenvalue weighted by Crippen LogP contribution is -2.15. The molecule has 1 fully saturated rings. The van der Waals surface area contributed by atoms with Crippen LogP contribution >= 0.6 is 11.6 Å². The van der Waals surface area contributed by atoms with Crippen LogP contribution in [0.1, 0.15) is 18.9 Å². The van der Waals surface area contributed by atoms with Crippen LogP contribution in [0.15, 0.2) is 42.9 Å². The third-order valence-electron chi connectivity index (χ3n) is 4.93. The smallest absolute Gasteiger partial charge is 0.230 e. The molecular weight excluding hydrogens is 360 g/mol. The first kappa shape index (κ1) is 17.4. The molecule has 27 heavy (non-hydrogen) atoms. The molecule has 1 aliphatic rings. The van der Waals surface area contributed by atoms with Crippen LogP contribution in [0.2, 0.25) is 5.02 Å². The second kappa shape index (κ2) is 6.98. The van der Waals surface area contributed by atoms with Crippen molar-refractivity contribution in [2.75, 3.05) is 5.32 Å². The van der Waals surface area contributed by atoms with Gasteiger partial charge in [-0.3, -0.25) is 9.78 Å². The highest BCUT2D eigenvalue weighted by Gasteiger charge is 2.43. The van der Waals surface area contributed by atoms with Crippen molar-refractivity contribution < 1.29 is 4.79 Å². The minimum Gasteiger partial charge on any atom is -0.310 e. The summed E-state index contributed by atoms with van der Waals surface area (Å²) in [5.74, 6) is -0.100. The van der Waals surface area contributed by atoms with E-state index >= 15 is 0 Å². The number of nitrogens with one attached hydrogen (secondary N) is 1. The van der Waals surface area contributed by atoms with Crippen molar-refractivity contribution >= 4 is 34.1 Å². The van der Waals surface area contributed by atoms with Crippen LogP contribution in [0.4, 0.5) is 5.82 Å². The topological polar surface area (TPSA) is 78.7 Å². The van der Waals surface area contributed by atoms with Crippen LogP contribution in [-0.2, 0) is 11.2 Å². The number of aryl methyl sites for hydroxylation is 1. The molecule has 5 nitrogen and oxygen atoms in total. The van der Waals surface area contributed by atoms with Crippen molar-refractivity contribution in [1.29, 1.82) is 5.26 Å². The number of rotatable bonds is 4. The number of carbonyl (C=O) groups excluding carboxylic acids is 1. The molecule has 0 spiro atoms. The molecule has 2 heterocycles. The van der Waals surface area contributed by atoms with Gasteiger partial charge in [-0.2, -0.15) is 5.26 Å². The number of pyridine rings is 2. The number of halogens is 1. The maximum atomic E-state index is 12.2. The van der Waals surface area contributed by atoms with Gasteiger partial charge in [0.25, 0.3) is 0 Å². The summed E-state index contributed by atoms with van der Waals surface area (Å²) in [5.41, 5.74) is 3.22. The number of nitriles is 1. The first-order valence-electron chi connectivity index (χ1n) is 8.83. The predicted molar refractivity (Wildman–Crippen MR) is 105 cm³/mol. The van der Waals surface area contributed by atoms with Gasteiger partial charge in [0.15, 0.2) is 0 Å². The molecule has 6 heteroatoms. The predicted octanol–water partition coefficient (Wildman–Crippen LogP) is 4.61. The summed E-state index contributed by atoms with van der Waals surface area (Å²) >= 11 is 6.48. The minimum atomic E-state index is -0.232. The number of hydrogen-bond donors (Lipinski definition) is 1. The molecule has 0 bridgehead atoms. The number of benzene rings is 1. The van der Waals surface area contributed by atoms with Gasteiger partial charge in [0.1, 0.15) is 5.82 Å². The number of aromatic nitrogens is 2. The fraction of sp³-hybridized carbons (Fsp3) is 0.238. The zero-order valence-electron chi connectivity index (χ0n) is 14.7. The van der Waals surface area contributed by atoms with E-state index in [1.165, 1.54) is 5.56 Å². The lowest BCUT2D eigenvalue weighted by molar-refractivity contribution is -0.117. The van der Waals surface area contributed by atoms with E-state index in [2.05, 4.69) is 28.3 Å². The van der Waals surface area contributed by atoms with Gasteiger partial charge in [0.2, 0.25) is 5.91 Å². The van der Waals surface area contributed by atoms with Gasteiger partial charge in [-0.25, -0.2) is 4.98 Å². The number of carbonyl (C=O) groups is 1. The molecule has 0 unspecified atom stereocenters. The fourth-order valence-corrected chi connectivity index (χ4v) is 3.55. The first-order chi connectivity index (χ1) is 13.1. The van der Waals surface area contributed by atoms with Gasteiger partial charge in [0.05, 0.1) is 22.9 Å². The molecule has 2 atom stereocenters. The van der Waals surface area contributed by atoms with Crippen molar-refractivity contribution in [2.45, 2.75) is 19.8 Å². The van der Waals surface area contributed by atoms with Crippen molar-refractivity contribution in [3.63, 3.8) is 0 Å². The van der Waals surface area contributed by atoms with Crippen LogP contribution in [-0.4, -0.2) is 15.9 Å². The monoisotopic (exact) mass is 376 g/mol. The van der Waals surface area contributed by atoms with Gasteiger partial charge < -0.3 is 5.32 Å². The molecule has 1 amide bonds. The Morgan fingerprint density at radius 1 is 1.37 bits per heavy atom. The summed E-state index contributed by atoms with van der Waals surface area (Å²) in [6.45, 7) is 2.10. The Kier molecular flexibility index (Phi) is 4.51. The molecule has 1 aliphatic carbocycles. The highest BCUT2D eigenvalue weighted by molar-refractivity contribution is 6.36. The van der Waals surface area contributed by atoms with E-state index in [0.29, 0.717) is 17.3 Å².